The van der Waals surface area contributed by atoms with Crippen molar-refractivity contribution >= 4 is 34.8 Å². The lowest BCUT2D eigenvalue weighted by molar-refractivity contribution is -0.117. The van der Waals surface area contributed by atoms with Crippen LogP contribution in [0, 0.1) is 20.8 Å². The Hall–Kier alpha value is -3.15. The van der Waals surface area contributed by atoms with Gasteiger partial charge < -0.3 is 10.6 Å². The first-order valence-corrected chi connectivity index (χ1v) is 10.8. The molecule has 5 nitrogen and oxygen atoms in total. The van der Waals surface area contributed by atoms with Gasteiger partial charge in [-0.2, -0.15) is 0 Å². The molecule has 32 heavy (non-hydrogen) atoms. The molecule has 0 aliphatic heterocycles. The summed E-state index contributed by atoms with van der Waals surface area (Å²) in [5.74, 6) is -0.241. The number of benzene rings is 3. The van der Waals surface area contributed by atoms with Crippen molar-refractivity contribution in [2.75, 3.05) is 24.2 Å². The second-order valence-corrected chi connectivity index (χ2v) is 8.56. The van der Waals surface area contributed by atoms with Crippen LogP contribution in [0.3, 0.4) is 0 Å². The lowest BCUT2D eigenvalue weighted by atomic mass is 10.1. The fourth-order valence-corrected chi connectivity index (χ4v) is 3.48. The monoisotopic (exact) mass is 449 g/mol. The maximum Gasteiger partial charge on any atom is 0.255 e. The van der Waals surface area contributed by atoms with Gasteiger partial charge in [-0.15, -0.1) is 0 Å². The van der Waals surface area contributed by atoms with E-state index in [-0.39, 0.29) is 18.4 Å². The summed E-state index contributed by atoms with van der Waals surface area (Å²) in [5.41, 5.74) is 6.18. The van der Waals surface area contributed by atoms with Crippen LogP contribution in [0.2, 0.25) is 5.02 Å². The molecule has 0 aromatic heterocycles. The predicted molar refractivity (Wildman–Crippen MR) is 131 cm³/mol. The summed E-state index contributed by atoms with van der Waals surface area (Å²) in [6.45, 7) is 6.74. The number of hydrogen-bond donors (Lipinski definition) is 2. The van der Waals surface area contributed by atoms with Gasteiger partial charge in [0, 0.05) is 28.5 Å². The molecule has 0 aliphatic carbocycles. The summed E-state index contributed by atoms with van der Waals surface area (Å²) < 4.78 is 0. The topological polar surface area (TPSA) is 61.4 Å². The van der Waals surface area contributed by atoms with Crippen LogP contribution in [0.5, 0.6) is 0 Å². The number of carbonyl (C=O) groups is 2. The molecule has 0 saturated heterocycles. The van der Waals surface area contributed by atoms with Crippen molar-refractivity contribution in [3.63, 3.8) is 0 Å². The fourth-order valence-electron chi connectivity index (χ4n) is 3.36. The molecule has 166 valence electrons. The lowest BCUT2D eigenvalue weighted by Crippen LogP contribution is -2.30. The maximum absolute atomic E-state index is 12.5. The van der Waals surface area contributed by atoms with E-state index in [9.17, 15) is 9.59 Å². The molecule has 3 aromatic carbocycles. The van der Waals surface area contributed by atoms with Gasteiger partial charge in [-0.05, 0) is 86.5 Å². The molecule has 0 aliphatic rings. The largest absolute Gasteiger partial charge is 0.325 e. The number of anilines is 2. The van der Waals surface area contributed by atoms with E-state index in [0.717, 1.165) is 27.9 Å². The van der Waals surface area contributed by atoms with Gasteiger partial charge in [-0.25, -0.2) is 0 Å². The minimum atomic E-state index is -0.181. The average Bonchev–Trinajstić information content (AvgIpc) is 2.73. The molecule has 0 unspecified atom stereocenters. The standard InChI is InChI=1S/C26H28ClN3O2/c1-17-5-6-18(2)24(13-17)29-25(31)16-30(4)15-20-7-9-21(10-8-20)26(32)28-22-11-12-23(27)19(3)14-22/h5-14H,15-16H2,1-4H3,(H,28,32)(H,29,31). The maximum atomic E-state index is 12.5. The number of nitrogens with zero attached hydrogens (tertiary/aromatic N) is 1. The van der Waals surface area contributed by atoms with Gasteiger partial charge >= 0.3 is 0 Å². The molecule has 3 aromatic rings. The van der Waals surface area contributed by atoms with Gasteiger partial charge in [0.15, 0.2) is 0 Å². The number of rotatable bonds is 7. The zero-order valence-corrected chi connectivity index (χ0v) is 19.6. The summed E-state index contributed by atoms with van der Waals surface area (Å²) in [6.07, 6.45) is 0. The van der Waals surface area contributed by atoms with Crippen LogP contribution in [0.4, 0.5) is 11.4 Å². The average molecular weight is 450 g/mol. The number of aryl methyl sites for hydroxylation is 3. The molecule has 0 heterocycles. The van der Waals surface area contributed by atoms with Crippen molar-refractivity contribution in [2.24, 2.45) is 0 Å². The van der Waals surface area contributed by atoms with E-state index < -0.39 is 0 Å². The summed E-state index contributed by atoms with van der Waals surface area (Å²) >= 11 is 6.04. The highest BCUT2D eigenvalue weighted by Crippen LogP contribution is 2.20. The molecule has 0 saturated carbocycles. The van der Waals surface area contributed by atoms with Gasteiger partial charge in [-0.1, -0.05) is 35.9 Å². The van der Waals surface area contributed by atoms with Crippen molar-refractivity contribution in [3.8, 4) is 0 Å². The SMILES string of the molecule is Cc1ccc(C)c(NC(=O)CN(C)Cc2ccc(C(=O)Nc3ccc(Cl)c(C)c3)cc2)c1. The minimum absolute atomic E-state index is 0.0598. The molecule has 2 amide bonds. The van der Waals surface area contributed by atoms with Crippen molar-refractivity contribution < 1.29 is 9.59 Å². The molecule has 3 rings (SSSR count). The molecule has 0 spiro atoms. The first-order valence-electron chi connectivity index (χ1n) is 10.4. The molecule has 0 radical (unpaired) electrons. The number of hydrogen-bond acceptors (Lipinski definition) is 3. The lowest BCUT2D eigenvalue weighted by Gasteiger charge is -2.17. The third-order valence-corrected chi connectivity index (χ3v) is 5.59. The number of carbonyl (C=O) groups excluding carboxylic acids is 2. The molecule has 0 atom stereocenters. The summed E-state index contributed by atoms with van der Waals surface area (Å²) in [4.78, 5) is 26.9. The quantitative estimate of drug-likeness (QED) is 0.494. The van der Waals surface area contributed by atoms with Crippen molar-refractivity contribution in [2.45, 2.75) is 27.3 Å². The van der Waals surface area contributed by atoms with E-state index in [0.29, 0.717) is 22.8 Å². The van der Waals surface area contributed by atoms with Crippen molar-refractivity contribution in [1.82, 2.24) is 4.90 Å². The van der Waals surface area contributed by atoms with E-state index >= 15 is 0 Å². The van der Waals surface area contributed by atoms with Gasteiger partial charge in [0.25, 0.3) is 5.91 Å². The third kappa shape index (κ3) is 6.42. The second-order valence-electron chi connectivity index (χ2n) is 8.15. The number of halogens is 1. The molecular weight excluding hydrogens is 422 g/mol. The van der Waals surface area contributed by atoms with E-state index in [4.69, 9.17) is 11.6 Å². The first kappa shape index (κ1) is 23.5. The Morgan fingerprint density at radius 1 is 0.875 bits per heavy atom. The molecule has 2 N–H and O–H groups in total. The van der Waals surface area contributed by atoms with Crippen LogP contribution in [-0.4, -0.2) is 30.3 Å². The molecule has 0 fully saturated rings. The van der Waals surface area contributed by atoms with Crippen LogP contribution >= 0.6 is 11.6 Å². The highest BCUT2D eigenvalue weighted by Gasteiger charge is 2.11. The number of amides is 2. The van der Waals surface area contributed by atoms with Crippen LogP contribution < -0.4 is 10.6 Å². The van der Waals surface area contributed by atoms with E-state index in [1.807, 2.05) is 69.1 Å². The summed E-state index contributed by atoms with van der Waals surface area (Å²) in [5, 5.41) is 6.53. The van der Waals surface area contributed by atoms with Gasteiger partial charge in [-0.3, -0.25) is 14.5 Å². The zero-order valence-electron chi connectivity index (χ0n) is 18.8. The van der Waals surface area contributed by atoms with Gasteiger partial charge in [0.1, 0.15) is 0 Å². The molecule has 6 heteroatoms. The Labute approximate surface area is 194 Å². The van der Waals surface area contributed by atoms with Gasteiger partial charge in [0.05, 0.1) is 6.54 Å². The third-order valence-electron chi connectivity index (χ3n) is 5.17. The Balaban J connectivity index is 1.54. The summed E-state index contributed by atoms with van der Waals surface area (Å²) in [6, 6.07) is 18.8. The summed E-state index contributed by atoms with van der Waals surface area (Å²) in [7, 11) is 1.90. The van der Waals surface area contributed by atoms with Crippen LogP contribution in [0.1, 0.15) is 32.6 Å². The fraction of sp³-hybridized carbons (Fsp3) is 0.231. The molecular formula is C26H28ClN3O2. The normalized spacial score (nSPS) is 10.8. The minimum Gasteiger partial charge on any atom is -0.325 e. The number of likely N-dealkylation sites (N-methyl/N-ethyl adjacent to an activating group) is 1. The highest BCUT2D eigenvalue weighted by molar-refractivity contribution is 6.31. The Morgan fingerprint density at radius 2 is 1.59 bits per heavy atom. The van der Waals surface area contributed by atoms with Gasteiger partial charge in [0.2, 0.25) is 5.91 Å². The van der Waals surface area contributed by atoms with Crippen LogP contribution in [0.25, 0.3) is 0 Å². The molecule has 0 bridgehead atoms. The van der Waals surface area contributed by atoms with E-state index in [1.165, 1.54) is 0 Å². The predicted octanol–water partition coefficient (Wildman–Crippen LogP) is 5.59. The van der Waals surface area contributed by atoms with Crippen LogP contribution in [-0.2, 0) is 11.3 Å². The first-order chi connectivity index (χ1) is 15.2. The van der Waals surface area contributed by atoms with Crippen molar-refractivity contribution in [1.29, 1.82) is 0 Å². The highest BCUT2D eigenvalue weighted by atomic mass is 35.5. The van der Waals surface area contributed by atoms with E-state index in [2.05, 4.69) is 10.6 Å². The number of nitrogens with one attached hydrogen (secondary N) is 2. The Kier molecular flexibility index (Phi) is 7.67. The Bertz CT molecular complexity index is 1130. The Morgan fingerprint density at radius 3 is 2.28 bits per heavy atom. The smallest absolute Gasteiger partial charge is 0.255 e. The van der Waals surface area contributed by atoms with E-state index in [1.54, 1.807) is 24.3 Å². The zero-order chi connectivity index (χ0) is 23.3. The van der Waals surface area contributed by atoms with Crippen molar-refractivity contribution in [3.05, 3.63) is 93.5 Å². The van der Waals surface area contributed by atoms with Crippen LogP contribution in [0.15, 0.2) is 60.7 Å². The second kappa shape index (κ2) is 10.4.